The molecule has 0 fully saturated rings. The van der Waals surface area contributed by atoms with Gasteiger partial charge < -0.3 is 19.8 Å². The monoisotopic (exact) mass is 460 g/mol. The number of rotatable bonds is 14. The second kappa shape index (κ2) is 13.6. The summed E-state index contributed by atoms with van der Waals surface area (Å²) in [6, 6.07) is 12.0. The molecule has 0 bridgehead atoms. The first-order valence-electron chi connectivity index (χ1n) is 10.9. The number of nitrogens with one attached hydrogen (secondary N) is 2. The van der Waals surface area contributed by atoms with E-state index >= 15 is 0 Å². The van der Waals surface area contributed by atoms with E-state index in [4.69, 9.17) is 9.15 Å². The van der Waals surface area contributed by atoms with Crippen molar-refractivity contribution in [1.29, 1.82) is 0 Å². The molecule has 0 aliphatic rings. The molecule has 3 atom stereocenters. The molecule has 0 aliphatic carbocycles. The highest BCUT2D eigenvalue weighted by molar-refractivity contribution is 7.99. The summed E-state index contributed by atoms with van der Waals surface area (Å²) in [5.74, 6) is 0.392. The molecule has 8 heteroatoms. The molecule has 7 nitrogen and oxygen atoms in total. The fraction of sp³-hybridized carbons (Fsp3) is 0.458. The number of hydrogen-bond donors (Lipinski definition) is 2. The summed E-state index contributed by atoms with van der Waals surface area (Å²) in [4.78, 5) is 37.3. The summed E-state index contributed by atoms with van der Waals surface area (Å²) in [5, 5.41) is 6.39. The number of ketones is 1. The van der Waals surface area contributed by atoms with E-state index in [-0.39, 0.29) is 35.8 Å². The van der Waals surface area contributed by atoms with Gasteiger partial charge in [-0.15, -0.1) is 0 Å². The van der Waals surface area contributed by atoms with Gasteiger partial charge in [-0.25, -0.2) is 0 Å². The van der Waals surface area contributed by atoms with Crippen LogP contribution in [0.15, 0.2) is 58.2 Å². The molecule has 0 aliphatic heterocycles. The van der Waals surface area contributed by atoms with Crippen LogP contribution in [0.3, 0.4) is 0 Å². The first kappa shape index (κ1) is 25.5. The molecule has 2 N–H and O–H groups in total. The SMILES string of the molecule is CCCC(NC(=O)CC[C@H](C)NC(=O)[C@H](C)Oc1ccccc1)C(=O)CSc1ccco1. The lowest BCUT2D eigenvalue weighted by Crippen LogP contribution is -2.43. The van der Waals surface area contributed by atoms with Gasteiger partial charge >= 0.3 is 0 Å². The summed E-state index contributed by atoms with van der Waals surface area (Å²) >= 11 is 1.32. The number of ether oxygens (including phenoxy) is 1. The molecular weight excluding hydrogens is 428 g/mol. The highest BCUT2D eigenvalue weighted by Crippen LogP contribution is 2.19. The van der Waals surface area contributed by atoms with E-state index in [1.54, 1.807) is 37.5 Å². The summed E-state index contributed by atoms with van der Waals surface area (Å²) in [6.45, 7) is 5.50. The van der Waals surface area contributed by atoms with Gasteiger partial charge in [-0.3, -0.25) is 14.4 Å². The van der Waals surface area contributed by atoms with Crippen molar-refractivity contribution < 1.29 is 23.5 Å². The minimum Gasteiger partial charge on any atom is -0.481 e. The molecule has 0 spiro atoms. The minimum atomic E-state index is -0.646. The zero-order chi connectivity index (χ0) is 23.3. The molecule has 0 saturated carbocycles. The van der Waals surface area contributed by atoms with Crippen molar-refractivity contribution in [2.45, 2.75) is 69.7 Å². The topological polar surface area (TPSA) is 97.6 Å². The number of benzene rings is 1. The predicted octanol–water partition coefficient (Wildman–Crippen LogP) is 3.98. The van der Waals surface area contributed by atoms with Crippen LogP contribution in [0.2, 0.25) is 0 Å². The molecule has 1 aromatic heterocycles. The van der Waals surface area contributed by atoms with Crippen molar-refractivity contribution in [2.75, 3.05) is 5.75 Å². The average Bonchev–Trinajstić information content (AvgIpc) is 3.30. The number of thioether (sulfide) groups is 1. The van der Waals surface area contributed by atoms with Gasteiger partial charge in [-0.2, -0.15) is 0 Å². The van der Waals surface area contributed by atoms with Crippen LogP contribution < -0.4 is 15.4 Å². The third-order valence-electron chi connectivity index (χ3n) is 4.77. The first-order valence-corrected chi connectivity index (χ1v) is 11.9. The number of hydrogen-bond acceptors (Lipinski definition) is 6. The number of carbonyl (C=O) groups is 3. The minimum absolute atomic E-state index is 0.0326. The van der Waals surface area contributed by atoms with Crippen LogP contribution in [0.4, 0.5) is 0 Å². The van der Waals surface area contributed by atoms with E-state index in [1.165, 1.54) is 11.8 Å². The second-order valence-corrected chi connectivity index (χ2v) is 8.60. The number of furan rings is 1. The Morgan fingerprint density at radius 3 is 2.44 bits per heavy atom. The van der Waals surface area contributed by atoms with Crippen molar-refractivity contribution in [2.24, 2.45) is 0 Å². The van der Waals surface area contributed by atoms with Crippen molar-refractivity contribution in [3.8, 4) is 5.75 Å². The quantitative estimate of drug-likeness (QED) is 0.414. The molecular formula is C24H32N2O5S. The molecule has 1 heterocycles. The normalized spacial score (nSPS) is 13.6. The maximum absolute atomic E-state index is 12.5. The van der Waals surface area contributed by atoms with E-state index in [1.807, 2.05) is 32.0 Å². The fourth-order valence-corrected chi connectivity index (χ4v) is 3.78. The van der Waals surface area contributed by atoms with Crippen molar-refractivity contribution in [1.82, 2.24) is 10.6 Å². The van der Waals surface area contributed by atoms with Gasteiger partial charge in [0.25, 0.3) is 5.91 Å². The van der Waals surface area contributed by atoms with E-state index in [9.17, 15) is 14.4 Å². The van der Waals surface area contributed by atoms with Gasteiger partial charge in [-0.05, 0) is 51.0 Å². The van der Waals surface area contributed by atoms with Crippen LogP contribution in [0.25, 0.3) is 0 Å². The molecule has 2 aromatic rings. The zero-order valence-corrected chi connectivity index (χ0v) is 19.7. The van der Waals surface area contributed by atoms with Gasteiger partial charge in [-0.1, -0.05) is 43.3 Å². The van der Waals surface area contributed by atoms with Crippen LogP contribution in [-0.2, 0) is 14.4 Å². The zero-order valence-electron chi connectivity index (χ0n) is 18.8. The van der Waals surface area contributed by atoms with Gasteiger partial charge in [0.05, 0.1) is 18.1 Å². The third kappa shape index (κ3) is 9.18. The summed E-state index contributed by atoms with van der Waals surface area (Å²) < 4.78 is 10.9. The lowest BCUT2D eigenvalue weighted by molar-refractivity contribution is -0.128. The number of para-hydroxylation sites is 1. The van der Waals surface area contributed by atoms with Gasteiger partial charge in [0, 0.05) is 12.5 Å². The predicted molar refractivity (Wildman–Crippen MR) is 125 cm³/mol. The molecule has 2 rings (SSSR count). The average molecular weight is 461 g/mol. The van der Waals surface area contributed by atoms with Crippen LogP contribution in [-0.4, -0.2) is 41.5 Å². The third-order valence-corrected chi connectivity index (χ3v) is 5.72. The molecule has 1 unspecified atom stereocenters. The summed E-state index contributed by atoms with van der Waals surface area (Å²) in [7, 11) is 0. The van der Waals surface area contributed by atoms with E-state index in [0.717, 1.165) is 6.42 Å². The lowest BCUT2D eigenvalue weighted by Gasteiger charge is -2.20. The maximum Gasteiger partial charge on any atom is 0.260 e. The van der Waals surface area contributed by atoms with Crippen LogP contribution in [0.5, 0.6) is 5.75 Å². The summed E-state index contributed by atoms with van der Waals surface area (Å²) in [5.41, 5.74) is 0. The Kier molecular flexibility index (Phi) is 10.9. The van der Waals surface area contributed by atoms with Gasteiger partial charge in [0.1, 0.15) is 5.75 Å². The second-order valence-electron chi connectivity index (χ2n) is 7.62. The van der Waals surface area contributed by atoms with Crippen molar-refractivity contribution in [3.05, 3.63) is 48.7 Å². The molecule has 2 amide bonds. The van der Waals surface area contributed by atoms with Gasteiger partial charge in [0.15, 0.2) is 17.0 Å². The molecule has 32 heavy (non-hydrogen) atoms. The van der Waals surface area contributed by atoms with Crippen molar-refractivity contribution >= 4 is 29.4 Å². The Hall–Kier alpha value is -2.74. The molecule has 1 aromatic carbocycles. The number of carbonyl (C=O) groups excluding carboxylic acids is 3. The number of Topliss-reactive ketones (excluding diaryl/α,β-unsaturated/α-hetero) is 1. The Morgan fingerprint density at radius 2 is 1.78 bits per heavy atom. The maximum atomic E-state index is 12.5. The van der Waals surface area contributed by atoms with E-state index in [2.05, 4.69) is 10.6 Å². The molecule has 0 saturated heterocycles. The lowest BCUT2D eigenvalue weighted by atomic mass is 10.1. The molecule has 174 valence electrons. The fourth-order valence-electron chi connectivity index (χ4n) is 2.99. The Bertz CT molecular complexity index is 841. The Labute approximate surface area is 193 Å². The van der Waals surface area contributed by atoms with Gasteiger partial charge in [0.2, 0.25) is 5.91 Å². The summed E-state index contributed by atoms with van der Waals surface area (Å²) in [6.07, 6.45) is 2.97. The largest absolute Gasteiger partial charge is 0.481 e. The first-order chi connectivity index (χ1) is 15.4. The van der Waals surface area contributed by atoms with Crippen LogP contribution >= 0.6 is 11.8 Å². The number of amides is 2. The van der Waals surface area contributed by atoms with E-state index in [0.29, 0.717) is 23.7 Å². The Balaban J connectivity index is 1.72. The standard InChI is InChI=1S/C24H32N2O5S/c1-4-9-20(21(27)16-32-23-12-8-15-30-23)26-22(28)14-13-17(2)25-24(29)18(3)31-19-10-6-5-7-11-19/h5-8,10-12,15,17-18,20H,4,9,13-14,16H2,1-3H3,(H,25,29)(H,26,28)/t17-,18-,20?/m0/s1. The Morgan fingerprint density at radius 1 is 1.03 bits per heavy atom. The highest BCUT2D eigenvalue weighted by Gasteiger charge is 2.21. The smallest absolute Gasteiger partial charge is 0.260 e. The van der Waals surface area contributed by atoms with Crippen molar-refractivity contribution in [3.63, 3.8) is 0 Å². The van der Waals surface area contributed by atoms with Crippen LogP contribution in [0.1, 0.15) is 46.5 Å². The molecule has 0 radical (unpaired) electrons. The van der Waals surface area contributed by atoms with Crippen LogP contribution in [0, 0.1) is 0 Å². The highest BCUT2D eigenvalue weighted by atomic mass is 32.2. The van der Waals surface area contributed by atoms with E-state index < -0.39 is 12.1 Å².